The molecule has 31 heavy (non-hydrogen) atoms. The molecule has 0 aliphatic rings. The molecule has 4 atom stereocenters. The second-order valence-electron chi connectivity index (χ2n) is 7.14. The summed E-state index contributed by atoms with van der Waals surface area (Å²) in [5.74, 6) is 0.307. The Balaban J connectivity index is 5.97. The van der Waals surface area contributed by atoms with Gasteiger partial charge in [0.05, 0.1) is 12.2 Å². The van der Waals surface area contributed by atoms with Gasteiger partial charge in [-0.1, -0.05) is 95.6 Å². The van der Waals surface area contributed by atoms with Crippen LogP contribution in [0.3, 0.4) is 0 Å². The largest absolute Gasteiger partial charge is 0.756 e. The highest BCUT2D eigenvalue weighted by Crippen LogP contribution is 2.51. The average Bonchev–Trinajstić information content (AvgIpc) is 2.76. The molecule has 0 heterocycles. The predicted molar refractivity (Wildman–Crippen MR) is 155 cm³/mol. The van der Waals surface area contributed by atoms with E-state index >= 15 is 0 Å². The third-order valence-corrected chi connectivity index (χ3v) is 14.2. The second kappa shape index (κ2) is 17.6. The summed E-state index contributed by atoms with van der Waals surface area (Å²) in [6, 6.07) is 0. The molecule has 0 aliphatic carbocycles. The Morgan fingerprint density at radius 2 is 0.968 bits per heavy atom. The monoisotopic (exact) mass is 925 g/mol. The van der Waals surface area contributed by atoms with Gasteiger partial charge in [-0.15, -0.1) is 46.4 Å². The fourth-order valence-corrected chi connectivity index (χ4v) is 12.1. The summed E-state index contributed by atoms with van der Waals surface area (Å²) in [6.45, 7) is 0. The quantitative estimate of drug-likeness (QED) is 0.103. The van der Waals surface area contributed by atoms with Gasteiger partial charge in [-0.3, -0.25) is 4.57 Å². The highest BCUT2D eigenvalue weighted by molar-refractivity contribution is 9.10. The van der Waals surface area contributed by atoms with Crippen LogP contribution in [0.5, 0.6) is 0 Å². The lowest BCUT2D eigenvalue weighted by Crippen LogP contribution is -2.46. The van der Waals surface area contributed by atoms with Gasteiger partial charge in [0.15, 0.2) is 0 Å². The van der Waals surface area contributed by atoms with Crippen molar-refractivity contribution in [2.75, 3.05) is 43.7 Å². The molecule has 4 unspecified atom stereocenters. The van der Waals surface area contributed by atoms with E-state index in [0.717, 1.165) is 0 Å². The molecule has 0 aliphatic heterocycles. The molecule has 0 bridgehead atoms. The van der Waals surface area contributed by atoms with E-state index in [2.05, 4.69) is 95.6 Å². The van der Waals surface area contributed by atoms with Crippen LogP contribution in [0.2, 0.25) is 0 Å². The molecule has 15 heteroatoms. The number of rotatable bonds is 18. The lowest BCUT2D eigenvalue weighted by Gasteiger charge is -2.44. The Bertz CT molecular complexity index is 490. The van der Waals surface area contributed by atoms with Crippen LogP contribution in [0.15, 0.2) is 0 Å². The van der Waals surface area contributed by atoms with Crippen molar-refractivity contribution in [3.05, 3.63) is 0 Å². The molecular weight excluding hydrogens is 908 g/mol. The zero-order valence-electron chi connectivity index (χ0n) is 16.2. The van der Waals surface area contributed by atoms with Crippen molar-refractivity contribution < 1.29 is 18.5 Å². The molecule has 0 radical (unpaired) electrons. The number of phosphoric acid groups is 1. The fourth-order valence-electron chi connectivity index (χ4n) is 2.47. The van der Waals surface area contributed by atoms with Crippen molar-refractivity contribution in [2.45, 2.75) is 35.8 Å². The summed E-state index contributed by atoms with van der Waals surface area (Å²) in [5, 5.41) is 1.80. The summed E-state index contributed by atoms with van der Waals surface area (Å²) >= 11 is 45.1. The molecule has 0 aromatic heterocycles. The van der Waals surface area contributed by atoms with Gasteiger partial charge in [-0.2, -0.15) is 0 Å². The van der Waals surface area contributed by atoms with Gasteiger partial charge in [0.2, 0.25) is 0 Å². The SMILES string of the molecule is O=P([O-])(OC(CC(Cl)CCl)C(CBr)(CBr)CBr)OC(CC(Cl)CCl)C(CBr)(CBr)CBr. The van der Waals surface area contributed by atoms with Crippen LogP contribution in [-0.2, 0) is 13.6 Å². The number of halogens is 10. The van der Waals surface area contributed by atoms with E-state index in [9.17, 15) is 9.46 Å². The summed E-state index contributed by atoms with van der Waals surface area (Å²) in [5.41, 5.74) is -1.22. The van der Waals surface area contributed by atoms with Crippen molar-refractivity contribution in [3.63, 3.8) is 0 Å². The molecule has 188 valence electrons. The summed E-state index contributed by atoms with van der Waals surface area (Å²) in [7, 11) is -4.79. The van der Waals surface area contributed by atoms with Crippen LogP contribution in [-0.4, -0.2) is 66.7 Å². The van der Waals surface area contributed by atoms with E-state index in [1.54, 1.807) is 0 Å². The first-order valence-corrected chi connectivity index (χ1v) is 19.1. The molecule has 0 saturated heterocycles. The zero-order chi connectivity index (χ0) is 24.3. The Morgan fingerprint density at radius 3 is 1.16 bits per heavy atom. The van der Waals surface area contributed by atoms with Crippen molar-refractivity contribution >= 4 is 150 Å². The average molecular weight is 933 g/mol. The van der Waals surface area contributed by atoms with Gasteiger partial charge < -0.3 is 13.9 Å². The molecule has 0 aromatic rings. The fraction of sp³-hybridized carbons (Fsp3) is 1.00. The lowest BCUT2D eigenvalue weighted by molar-refractivity contribution is -0.240. The molecule has 0 spiro atoms. The van der Waals surface area contributed by atoms with Gasteiger partial charge in [0, 0.05) is 65.3 Å². The molecule has 0 rings (SSSR count). The van der Waals surface area contributed by atoms with E-state index < -0.39 is 41.6 Å². The van der Waals surface area contributed by atoms with Crippen LogP contribution in [0.4, 0.5) is 0 Å². The second-order valence-corrected chi connectivity index (χ2v) is 13.7. The molecule has 0 amide bonds. The van der Waals surface area contributed by atoms with Gasteiger partial charge in [0.25, 0.3) is 7.82 Å². The van der Waals surface area contributed by atoms with E-state index in [0.29, 0.717) is 32.0 Å². The highest BCUT2D eigenvalue weighted by atomic mass is 79.9. The number of phosphoric ester groups is 1. The minimum atomic E-state index is -4.79. The maximum absolute atomic E-state index is 13.1. The van der Waals surface area contributed by atoms with Crippen molar-refractivity contribution in [3.8, 4) is 0 Å². The molecule has 0 fully saturated rings. The van der Waals surface area contributed by atoms with E-state index in [-0.39, 0.29) is 24.6 Å². The van der Waals surface area contributed by atoms with Gasteiger partial charge in [-0.05, 0) is 12.8 Å². The Morgan fingerprint density at radius 1 is 0.710 bits per heavy atom. The zero-order valence-corrected chi connectivity index (χ0v) is 29.7. The smallest absolute Gasteiger partial charge is 0.268 e. The minimum absolute atomic E-state index is 0.153. The van der Waals surface area contributed by atoms with Crippen LogP contribution < -0.4 is 4.89 Å². The van der Waals surface area contributed by atoms with Gasteiger partial charge in [0.1, 0.15) is 0 Å². The van der Waals surface area contributed by atoms with E-state index in [1.807, 2.05) is 0 Å². The maximum atomic E-state index is 13.1. The third kappa shape index (κ3) is 11.2. The summed E-state index contributed by atoms with van der Waals surface area (Å²) < 4.78 is 24.4. The molecule has 0 aromatic carbocycles. The molecule has 0 N–H and O–H groups in total. The van der Waals surface area contributed by atoms with Crippen molar-refractivity contribution in [1.82, 2.24) is 0 Å². The normalized spacial score (nSPS) is 18.9. The molecular formula is C16H24Br6Cl4O4P-. The standard InChI is InChI=1S/C16H25Br6Cl4O4P/c17-5-15(6-18,7-19)13(1-11(25)3-23)29-31(27,28)30-14(2-12(26)4-24)16(8-20,9-21)10-22/h11-14H,1-10H2,(H,27,28)/p-1. The Kier molecular flexibility index (Phi) is 20.0. The van der Waals surface area contributed by atoms with E-state index in [4.69, 9.17) is 55.5 Å². The number of hydrogen-bond donors (Lipinski definition) is 0. The first kappa shape index (κ1) is 35.2. The topological polar surface area (TPSA) is 58.6 Å². The maximum Gasteiger partial charge on any atom is 0.268 e. The number of hydrogen-bond acceptors (Lipinski definition) is 4. The summed E-state index contributed by atoms with van der Waals surface area (Å²) in [6.07, 6.45) is -1.15. The van der Waals surface area contributed by atoms with Crippen LogP contribution in [0.1, 0.15) is 12.8 Å². The molecule has 0 saturated carbocycles. The first-order chi connectivity index (χ1) is 14.5. The first-order valence-electron chi connectivity index (χ1n) is 8.92. The lowest BCUT2D eigenvalue weighted by atomic mass is 9.86. The predicted octanol–water partition coefficient (Wildman–Crippen LogP) is 8.04. The molecule has 4 nitrogen and oxygen atoms in total. The van der Waals surface area contributed by atoms with Crippen LogP contribution in [0.25, 0.3) is 0 Å². The van der Waals surface area contributed by atoms with Crippen molar-refractivity contribution in [2.24, 2.45) is 10.8 Å². The Hall–Kier alpha value is 4.15. The van der Waals surface area contributed by atoms with E-state index in [1.165, 1.54) is 0 Å². The minimum Gasteiger partial charge on any atom is -0.756 e. The van der Waals surface area contributed by atoms with Crippen molar-refractivity contribution in [1.29, 1.82) is 0 Å². The third-order valence-electron chi connectivity index (χ3n) is 4.75. The Labute approximate surface area is 255 Å². The summed E-state index contributed by atoms with van der Waals surface area (Å²) in [4.78, 5) is 13.1. The van der Waals surface area contributed by atoms with Crippen LogP contribution in [0, 0.1) is 10.8 Å². The number of alkyl halides is 10. The van der Waals surface area contributed by atoms with Gasteiger partial charge >= 0.3 is 0 Å². The van der Waals surface area contributed by atoms with Gasteiger partial charge in [-0.25, -0.2) is 0 Å². The highest BCUT2D eigenvalue weighted by Gasteiger charge is 2.44. The van der Waals surface area contributed by atoms with Crippen LogP contribution >= 0.6 is 150 Å².